The third-order valence-corrected chi connectivity index (χ3v) is 3.49. The number of carboxylic acids is 1. The van der Waals surface area contributed by atoms with E-state index in [1.165, 1.54) is 6.07 Å². The Morgan fingerprint density at radius 3 is 2.56 bits per heavy atom. The molecule has 1 aliphatic rings. The van der Waals surface area contributed by atoms with E-state index in [2.05, 4.69) is 0 Å². The van der Waals surface area contributed by atoms with E-state index >= 15 is 0 Å². The minimum Gasteiger partial charge on any atom is -0.480 e. The lowest BCUT2D eigenvalue weighted by atomic mass is 10.0. The van der Waals surface area contributed by atoms with Crippen molar-refractivity contribution in [1.29, 1.82) is 0 Å². The Morgan fingerprint density at radius 1 is 1.28 bits per heavy atom. The minimum atomic E-state index is -0.861. The van der Waals surface area contributed by atoms with Crippen LogP contribution >= 0.6 is 0 Å². The predicted octanol–water partition coefficient (Wildman–Crippen LogP) is 2.31. The van der Waals surface area contributed by atoms with Crippen molar-refractivity contribution in [3.8, 4) is 0 Å². The second kappa shape index (κ2) is 5.96. The van der Waals surface area contributed by atoms with Crippen molar-refractivity contribution < 1.29 is 14.3 Å². The number of piperidine rings is 1. The van der Waals surface area contributed by atoms with E-state index in [-0.39, 0.29) is 12.2 Å². The normalized spacial score (nSPS) is 18.5. The highest BCUT2D eigenvalue weighted by Gasteiger charge is 2.27. The van der Waals surface area contributed by atoms with Gasteiger partial charge in [-0.2, -0.15) is 0 Å². The quantitative estimate of drug-likeness (QED) is 0.892. The summed E-state index contributed by atoms with van der Waals surface area (Å²) in [5.74, 6) is -1.18. The Morgan fingerprint density at radius 2 is 1.94 bits per heavy atom. The molecule has 1 aliphatic heterocycles. The highest BCUT2D eigenvalue weighted by molar-refractivity contribution is 5.74. The minimum absolute atomic E-state index is 0.238. The van der Waals surface area contributed by atoms with Gasteiger partial charge in [-0.25, -0.2) is 4.39 Å². The van der Waals surface area contributed by atoms with Gasteiger partial charge in [-0.05, 0) is 37.6 Å². The standard InChI is InChI=1S/C14H18FNO2/c15-12-7-3-2-6-11(12)10-13(14(17)18)16-8-4-1-5-9-16/h2-3,6-7,13H,1,4-5,8-10H2,(H,17,18)/t13-/m0/s1. The number of likely N-dealkylation sites (tertiary alicyclic amines) is 1. The van der Waals surface area contributed by atoms with Crippen LogP contribution in [0.2, 0.25) is 0 Å². The van der Waals surface area contributed by atoms with E-state index in [0.29, 0.717) is 5.56 Å². The van der Waals surface area contributed by atoms with E-state index in [0.717, 1.165) is 32.4 Å². The summed E-state index contributed by atoms with van der Waals surface area (Å²) in [4.78, 5) is 13.3. The van der Waals surface area contributed by atoms with Crippen LogP contribution in [0.5, 0.6) is 0 Å². The van der Waals surface area contributed by atoms with Crippen molar-refractivity contribution in [3.05, 3.63) is 35.6 Å². The van der Waals surface area contributed by atoms with Crippen molar-refractivity contribution in [1.82, 2.24) is 4.90 Å². The summed E-state index contributed by atoms with van der Waals surface area (Å²) in [5.41, 5.74) is 0.482. The van der Waals surface area contributed by atoms with Crippen LogP contribution in [0.1, 0.15) is 24.8 Å². The lowest BCUT2D eigenvalue weighted by Gasteiger charge is -2.32. The molecule has 0 spiro atoms. The number of halogens is 1. The second-order valence-electron chi connectivity index (χ2n) is 4.75. The molecular formula is C14H18FNO2. The van der Waals surface area contributed by atoms with Gasteiger partial charge in [-0.15, -0.1) is 0 Å². The molecule has 1 N–H and O–H groups in total. The van der Waals surface area contributed by atoms with E-state index < -0.39 is 12.0 Å². The maximum absolute atomic E-state index is 13.6. The number of aliphatic carboxylic acids is 1. The van der Waals surface area contributed by atoms with Crippen molar-refractivity contribution >= 4 is 5.97 Å². The van der Waals surface area contributed by atoms with Gasteiger partial charge < -0.3 is 5.11 Å². The average Bonchev–Trinajstić information content (AvgIpc) is 2.38. The average molecular weight is 251 g/mol. The first-order chi connectivity index (χ1) is 8.68. The molecule has 0 amide bonds. The first-order valence-corrected chi connectivity index (χ1v) is 6.39. The fourth-order valence-corrected chi connectivity index (χ4v) is 2.47. The largest absolute Gasteiger partial charge is 0.480 e. The molecule has 18 heavy (non-hydrogen) atoms. The van der Waals surface area contributed by atoms with Crippen LogP contribution in [0.3, 0.4) is 0 Å². The number of rotatable bonds is 4. The number of hydrogen-bond donors (Lipinski definition) is 1. The molecule has 1 aromatic rings. The highest BCUT2D eigenvalue weighted by atomic mass is 19.1. The van der Waals surface area contributed by atoms with Crippen molar-refractivity contribution in [2.45, 2.75) is 31.7 Å². The van der Waals surface area contributed by atoms with Crippen LogP contribution in [0.15, 0.2) is 24.3 Å². The Labute approximate surface area is 106 Å². The molecule has 1 heterocycles. The molecule has 0 bridgehead atoms. The summed E-state index contributed by atoms with van der Waals surface area (Å²) in [6, 6.07) is 5.80. The SMILES string of the molecule is O=C(O)[C@H](Cc1ccccc1F)N1CCCCC1. The second-order valence-corrected chi connectivity index (χ2v) is 4.75. The molecule has 0 radical (unpaired) electrons. The van der Waals surface area contributed by atoms with Gasteiger partial charge in [0, 0.05) is 6.42 Å². The summed E-state index contributed by atoms with van der Waals surface area (Å²) >= 11 is 0. The van der Waals surface area contributed by atoms with Gasteiger partial charge in [-0.1, -0.05) is 24.6 Å². The molecule has 98 valence electrons. The van der Waals surface area contributed by atoms with Gasteiger partial charge in [0.15, 0.2) is 0 Å². The molecule has 1 atom stereocenters. The summed E-state index contributed by atoms with van der Waals surface area (Å²) in [7, 11) is 0. The zero-order valence-corrected chi connectivity index (χ0v) is 10.3. The number of benzene rings is 1. The van der Waals surface area contributed by atoms with Crippen LogP contribution in [0.25, 0.3) is 0 Å². The molecule has 3 nitrogen and oxygen atoms in total. The molecule has 4 heteroatoms. The zero-order valence-electron chi connectivity index (χ0n) is 10.3. The van der Waals surface area contributed by atoms with E-state index in [1.54, 1.807) is 18.2 Å². The van der Waals surface area contributed by atoms with Gasteiger partial charge in [0.05, 0.1) is 0 Å². The molecule has 0 aliphatic carbocycles. The summed E-state index contributed by atoms with van der Waals surface area (Å²) < 4.78 is 13.6. The van der Waals surface area contributed by atoms with Gasteiger partial charge in [0.2, 0.25) is 0 Å². The first-order valence-electron chi connectivity index (χ1n) is 6.39. The van der Waals surface area contributed by atoms with Crippen LogP contribution in [0.4, 0.5) is 4.39 Å². The number of nitrogens with zero attached hydrogens (tertiary/aromatic N) is 1. The van der Waals surface area contributed by atoms with Crippen molar-refractivity contribution in [3.63, 3.8) is 0 Å². The van der Waals surface area contributed by atoms with Crippen LogP contribution in [-0.2, 0) is 11.2 Å². The van der Waals surface area contributed by atoms with E-state index in [9.17, 15) is 14.3 Å². The maximum Gasteiger partial charge on any atom is 0.321 e. The van der Waals surface area contributed by atoms with E-state index in [1.807, 2.05) is 4.90 Å². The van der Waals surface area contributed by atoms with Gasteiger partial charge in [0.25, 0.3) is 0 Å². The number of carboxylic acid groups (broad SMARTS) is 1. The molecule has 0 aromatic heterocycles. The predicted molar refractivity (Wildman–Crippen MR) is 67.0 cm³/mol. The smallest absolute Gasteiger partial charge is 0.321 e. The molecule has 0 unspecified atom stereocenters. The Balaban J connectivity index is 2.11. The molecule has 1 fully saturated rings. The van der Waals surface area contributed by atoms with Gasteiger partial charge in [-0.3, -0.25) is 9.69 Å². The lowest BCUT2D eigenvalue weighted by Crippen LogP contribution is -2.45. The first kappa shape index (κ1) is 13.0. The summed E-state index contributed by atoms with van der Waals surface area (Å²) in [6.45, 7) is 1.59. The van der Waals surface area contributed by atoms with Gasteiger partial charge in [0.1, 0.15) is 11.9 Å². The maximum atomic E-state index is 13.6. The van der Waals surface area contributed by atoms with Crippen LogP contribution in [0, 0.1) is 5.82 Å². The Bertz CT molecular complexity index is 416. The highest BCUT2D eigenvalue weighted by Crippen LogP contribution is 2.17. The molecule has 0 saturated carbocycles. The third kappa shape index (κ3) is 3.07. The van der Waals surface area contributed by atoms with Crippen LogP contribution < -0.4 is 0 Å². The fourth-order valence-electron chi connectivity index (χ4n) is 2.47. The molecule has 2 rings (SSSR count). The Kier molecular flexibility index (Phi) is 4.31. The zero-order chi connectivity index (χ0) is 13.0. The summed E-state index contributed by atoms with van der Waals surface area (Å²) in [5, 5.41) is 9.31. The van der Waals surface area contributed by atoms with Gasteiger partial charge >= 0.3 is 5.97 Å². The fraction of sp³-hybridized carbons (Fsp3) is 0.500. The number of carbonyl (C=O) groups is 1. The third-order valence-electron chi connectivity index (χ3n) is 3.49. The molecule has 1 aromatic carbocycles. The van der Waals surface area contributed by atoms with Crippen molar-refractivity contribution in [2.75, 3.05) is 13.1 Å². The van der Waals surface area contributed by atoms with Crippen molar-refractivity contribution in [2.24, 2.45) is 0 Å². The number of hydrogen-bond acceptors (Lipinski definition) is 2. The molecular weight excluding hydrogens is 233 g/mol. The lowest BCUT2D eigenvalue weighted by molar-refractivity contribution is -0.143. The van der Waals surface area contributed by atoms with E-state index in [4.69, 9.17) is 0 Å². The van der Waals surface area contributed by atoms with Crippen LogP contribution in [-0.4, -0.2) is 35.1 Å². The molecule has 1 saturated heterocycles. The topological polar surface area (TPSA) is 40.5 Å². The summed E-state index contributed by atoms with van der Waals surface area (Å²) in [6.07, 6.45) is 3.45. The Hall–Kier alpha value is -1.42. The monoisotopic (exact) mass is 251 g/mol.